The molecule has 0 N–H and O–H groups in total. The van der Waals surface area contributed by atoms with Crippen LogP contribution < -0.4 is 0 Å². The zero-order chi connectivity index (χ0) is 12.6. The molecule has 17 heavy (non-hydrogen) atoms. The Kier molecular flexibility index (Phi) is 3.38. The lowest BCUT2D eigenvalue weighted by molar-refractivity contribution is 0.409. The number of rotatable bonds is 3. The molecule has 0 spiro atoms. The molecule has 0 fully saturated rings. The van der Waals surface area contributed by atoms with E-state index in [1.54, 1.807) is 6.07 Å². The molecule has 1 atom stereocenters. The van der Waals surface area contributed by atoms with E-state index in [0.29, 0.717) is 17.3 Å². The van der Waals surface area contributed by atoms with Crippen LogP contribution in [-0.2, 0) is 5.88 Å². The lowest BCUT2D eigenvalue weighted by Crippen LogP contribution is -2.13. The first kappa shape index (κ1) is 12.4. The van der Waals surface area contributed by atoms with E-state index < -0.39 is 0 Å². The van der Waals surface area contributed by atoms with Crippen molar-refractivity contribution in [3.05, 3.63) is 29.8 Å². The van der Waals surface area contributed by atoms with Crippen molar-refractivity contribution in [1.82, 2.24) is 9.55 Å². The van der Waals surface area contributed by atoms with E-state index in [-0.39, 0.29) is 11.9 Å². The van der Waals surface area contributed by atoms with Crippen molar-refractivity contribution in [3.8, 4) is 0 Å². The van der Waals surface area contributed by atoms with Crippen molar-refractivity contribution in [2.75, 3.05) is 0 Å². The Morgan fingerprint density at radius 2 is 2.06 bits per heavy atom. The van der Waals surface area contributed by atoms with E-state index >= 15 is 0 Å². The van der Waals surface area contributed by atoms with Gasteiger partial charge in [-0.05, 0) is 25.0 Å². The molecule has 1 heterocycles. The van der Waals surface area contributed by atoms with E-state index in [9.17, 15) is 4.39 Å². The Morgan fingerprint density at radius 3 is 2.65 bits per heavy atom. The van der Waals surface area contributed by atoms with Gasteiger partial charge in [0, 0.05) is 6.04 Å². The molecule has 0 amide bonds. The van der Waals surface area contributed by atoms with Gasteiger partial charge in [-0.1, -0.05) is 19.9 Å². The molecule has 0 aliphatic heterocycles. The number of hydrogen-bond acceptors (Lipinski definition) is 1. The van der Waals surface area contributed by atoms with E-state index in [1.165, 1.54) is 6.07 Å². The number of para-hydroxylation sites is 1. The van der Waals surface area contributed by atoms with Crippen LogP contribution in [0.1, 0.15) is 32.6 Å². The fraction of sp³-hybridized carbons (Fsp3) is 0.462. The maximum Gasteiger partial charge on any atom is 0.151 e. The van der Waals surface area contributed by atoms with Gasteiger partial charge in [0.05, 0.1) is 11.4 Å². The number of aromatic nitrogens is 2. The molecule has 0 aliphatic rings. The molecule has 0 saturated carbocycles. The van der Waals surface area contributed by atoms with Crippen LogP contribution in [0.15, 0.2) is 18.2 Å². The van der Waals surface area contributed by atoms with Crippen molar-refractivity contribution in [2.45, 2.75) is 32.7 Å². The molecular weight excluding hydrogens is 239 g/mol. The zero-order valence-electron chi connectivity index (χ0n) is 10.2. The van der Waals surface area contributed by atoms with Gasteiger partial charge in [-0.2, -0.15) is 0 Å². The van der Waals surface area contributed by atoms with E-state index in [4.69, 9.17) is 11.6 Å². The van der Waals surface area contributed by atoms with Gasteiger partial charge in [-0.25, -0.2) is 9.37 Å². The van der Waals surface area contributed by atoms with Crippen LogP contribution in [0, 0.1) is 11.7 Å². The molecule has 0 radical (unpaired) electrons. The first-order valence-electron chi connectivity index (χ1n) is 5.77. The van der Waals surface area contributed by atoms with E-state index in [1.807, 2.05) is 10.6 Å². The molecule has 92 valence electrons. The van der Waals surface area contributed by atoms with Gasteiger partial charge in [0.1, 0.15) is 11.3 Å². The van der Waals surface area contributed by atoms with Crippen LogP contribution in [0.2, 0.25) is 0 Å². The Balaban J connectivity index is 2.71. The molecule has 1 unspecified atom stereocenters. The summed E-state index contributed by atoms with van der Waals surface area (Å²) in [5, 5.41) is 0. The normalized spacial score (nSPS) is 13.5. The Bertz CT molecular complexity index is 533. The van der Waals surface area contributed by atoms with Crippen LogP contribution in [0.5, 0.6) is 0 Å². The predicted molar refractivity (Wildman–Crippen MR) is 68.8 cm³/mol. The highest BCUT2D eigenvalue weighted by Gasteiger charge is 2.19. The molecule has 2 aromatic rings. The Morgan fingerprint density at radius 1 is 1.35 bits per heavy atom. The van der Waals surface area contributed by atoms with Crippen molar-refractivity contribution < 1.29 is 4.39 Å². The summed E-state index contributed by atoms with van der Waals surface area (Å²) < 4.78 is 15.7. The first-order valence-corrected chi connectivity index (χ1v) is 6.31. The lowest BCUT2D eigenvalue weighted by Gasteiger charge is -2.20. The number of hydrogen-bond donors (Lipinski definition) is 0. The third-order valence-corrected chi connectivity index (χ3v) is 3.47. The molecule has 4 heteroatoms. The van der Waals surface area contributed by atoms with Crippen molar-refractivity contribution >= 4 is 22.6 Å². The summed E-state index contributed by atoms with van der Waals surface area (Å²) in [4.78, 5) is 4.29. The topological polar surface area (TPSA) is 17.8 Å². The van der Waals surface area contributed by atoms with Crippen molar-refractivity contribution in [1.29, 1.82) is 0 Å². The molecule has 0 aliphatic carbocycles. The largest absolute Gasteiger partial charge is 0.324 e. The summed E-state index contributed by atoms with van der Waals surface area (Å²) in [7, 11) is 0. The molecule has 0 bridgehead atoms. The number of halogens is 2. The minimum atomic E-state index is -0.288. The standard InChI is InChI=1S/C13H16ClFN2/c1-8(2)9(3)17-11-6-4-5-10(15)13(11)16-12(17)7-14/h4-6,8-9H,7H2,1-3H3. The second kappa shape index (κ2) is 4.65. The molecule has 2 rings (SSSR count). The molecule has 1 aromatic heterocycles. The quantitative estimate of drug-likeness (QED) is 0.753. The van der Waals surface area contributed by atoms with Crippen LogP contribution >= 0.6 is 11.6 Å². The summed E-state index contributed by atoms with van der Waals surface area (Å²) in [6.07, 6.45) is 0. The third-order valence-electron chi connectivity index (χ3n) is 3.24. The molecule has 2 nitrogen and oxygen atoms in total. The van der Waals surface area contributed by atoms with Crippen LogP contribution in [-0.4, -0.2) is 9.55 Å². The molecular formula is C13H16ClFN2. The van der Waals surface area contributed by atoms with Gasteiger partial charge < -0.3 is 4.57 Å². The highest BCUT2D eigenvalue weighted by atomic mass is 35.5. The van der Waals surface area contributed by atoms with Crippen molar-refractivity contribution in [3.63, 3.8) is 0 Å². The highest BCUT2D eigenvalue weighted by Crippen LogP contribution is 2.27. The molecule has 0 saturated heterocycles. The number of imidazole rings is 1. The smallest absolute Gasteiger partial charge is 0.151 e. The molecule has 1 aromatic carbocycles. The number of alkyl halides is 1. The Hall–Kier alpha value is -1.09. The fourth-order valence-corrected chi connectivity index (χ4v) is 2.17. The van der Waals surface area contributed by atoms with E-state index in [2.05, 4.69) is 25.8 Å². The number of fused-ring (bicyclic) bond motifs is 1. The minimum Gasteiger partial charge on any atom is -0.324 e. The summed E-state index contributed by atoms with van der Waals surface area (Å²) >= 11 is 5.90. The maximum atomic E-state index is 13.7. The van der Waals surface area contributed by atoms with Gasteiger partial charge in [0.2, 0.25) is 0 Å². The summed E-state index contributed by atoms with van der Waals surface area (Å²) in [6, 6.07) is 5.27. The van der Waals surface area contributed by atoms with Crippen LogP contribution in [0.25, 0.3) is 11.0 Å². The van der Waals surface area contributed by atoms with Crippen molar-refractivity contribution in [2.24, 2.45) is 5.92 Å². The average Bonchev–Trinajstić information content (AvgIpc) is 2.67. The number of benzene rings is 1. The van der Waals surface area contributed by atoms with Crippen LogP contribution in [0.4, 0.5) is 4.39 Å². The maximum absolute atomic E-state index is 13.7. The summed E-state index contributed by atoms with van der Waals surface area (Å²) in [5.74, 6) is 1.18. The monoisotopic (exact) mass is 254 g/mol. The second-order valence-electron chi connectivity index (χ2n) is 4.62. The Labute approximate surface area is 105 Å². The van der Waals surface area contributed by atoms with Crippen LogP contribution in [0.3, 0.4) is 0 Å². The fourth-order valence-electron chi connectivity index (χ4n) is 1.98. The minimum absolute atomic E-state index is 0.246. The summed E-state index contributed by atoms with van der Waals surface area (Å²) in [5.41, 5.74) is 1.23. The first-order chi connectivity index (χ1) is 8.06. The van der Waals surface area contributed by atoms with Gasteiger partial charge >= 0.3 is 0 Å². The van der Waals surface area contributed by atoms with Gasteiger partial charge in [-0.15, -0.1) is 11.6 Å². The highest BCUT2D eigenvalue weighted by molar-refractivity contribution is 6.16. The lowest BCUT2D eigenvalue weighted by atomic mass is 10.1. The average molecular weight is 255 g/mol. The zero-order valence-corrected chi connectivity index (χ0v) is 11.0. The van der Waals surface area contributed by atoms with E-state index in [0.717, 1.165) is 11.3 Å². The van der Waals surface area contributed by atoms with Gasteiger partial charge in [0.25, 0.3) is 0 Å². The van der Waals surface area contributed by atoms with Gasteiger partial charge in [-0.3, -0.25) is 0 Å². The number of nitrogens with zero attached hydrogens (tertiary/aromatic N) is 2. The van der Waals surface area contributed by atoms with Gasteiger partial charge in [0.15, 0.2) is 5.82 Å². The summed E-state index contributed by atoms with van der Waals surface area (Å²) in [6.45, 7) is 6.37. The second-order valence-corrected chi connectivity index (χ2v) is 4.89. The third kappa shape index (κ3) is 2.04. The predicted octanol–water partition coefficient (Wildman–Crippen LogP) is 4.13. The SMILES string of the molecule is CC(C)C(C)n1c(CCl)nc2c(F)cccc21.